The predicted molar refractivity (Wildman–Crippen MR) is 125 cm³/mol. The van der Waals surface area contributed by atoms with Gasteiger partial charge in [0.05, 0.1) is 5.56 Å². The number of anilines is 1. The number of fused-ring (bicyclic) bond motifs is 3. The van der Waals surface area contributed by atoms with Crippen LogP contribution in [0.2, 0.25) is 0 Å². The number of ether oxygens (including phenoxy) is 1. The zero-order valence-electron chi connectivity index (χ0n) is 19.8. The zero-order chi connectivity index (χ0) is 24.8. The molecule has 5 nitrogen and oxygen atoms in total. The normalized spacial score (nSPS) is 12.4. The van der Waals surface area contributed by atoms with E-state index in [2.05, 4.69) is 5.32 Å². The number of halogens is 3. The van der Waals surface area contributed by atoms with Crippen molar-refractivity contribution in [1.82, 2.24) is 0 Å². The maximum atomic E-state index is 13.8. The molecule has 10 heteroatoms. The summed E-state index contributed by atoms with van der Waals surface area (Å²) in [6.45, 7) is -1.81. The van der Waals surface area contributed by atoms with Crippen LogP contribution >= 0.6 is 0 Å². The average molecular weight is 507 g/mol. The van der Waals surface area contributed by atoms with Crippen molar-refractivity contribution in [3.63, 3.8) is 0 Å². The number of hydrogen-bond donors (Lipinski definition) is 2. The Morgan fingerprint density at radius 3 is 1.91 bits per heavy atom. The molecular formula is C25H22BF3KNO4. The Hall–Kier alpha value is -2.11. The quantitative estimate of drug-likeness (QED) is 0.521. The molecular weight excluding hydrogens is 485 g/mol. The molecule has 0 bridgehead atoms. The zero-order valence-corrected chi connectivity index (χ0v) is 22.9. The summed E-state index contributed by atoms with van der Waals surface area (Å²) in [7, 11) is 0. The van der Waals surface area contributed by atoms with Crippen LogP contribution in [0.5, 0.6) is 0 Å². The summed E-state index contributed by atoms with van der Waals surface area (Å²) in [4.78, 5) is 24.4. The van der Waals surface area contributed by atoms with Gasteiger partial charge in [-0.05, 0) is 48.6 Å². The second kappa shape index (κ2) is 10.5. The molecule has 1 aliphatic rings. The van der Waals surface area contributed by atoms with Crippen molar-refractivity contribution < 1.29 is 83.8 Å². The molecule has 4 rings (SSSR count). The van der Waals surface area contributed by atoms with Crippen LogP contribution in [0.4, 0.5) is 23.4 Å². The molecule has 0 heterocycles. The second-order valence-corrected chi connectivity index (χ2v) is 8.37. The third kappa shape index (κ3) is 5.08. The summed E-state index contributed by atoms with van der Waals surface area (Å²) in [6.07, 6.45) is -0.950. The molecule has 0 aromatic heterocycles. The molecule has 35 heavy (non-hydrogen) atoms. The van der Waals surface area contributed by atoms with E-state index in [9.17, 15) is 27.6 Å². The van der Waals surface area contributed by atoms with E-state index in [1.807, 2.05) is 48.5 Å². The van der Waals surface area contributed by atoms with E-state index in [1.165, 1.54) is 13.8 Å². The number of carbonyl (C=O) groups is 2. The van der Waals surface area contributed by atoms with Crippen LogP contribution in [0.25, 0.3) is 11.1 Å². The Balaban J connectivity index is 0.00000342. The third-order valence-electron chi connectivity index (χ3n) is 6.42. The summed E-state index contributed by atoms with van der Waals surface area (Å²) in [6, 6.07) is 15.5. The molecule has 1 aliphatic carbocycles. The first-order chi connectivity index (χ1) is 16.0. The van der Waals surface area contributed by atoms with Crippen molar-refractivity contribution in [1.29, 1.82) is 0 Å². The monoisotopic (exact) mass is 507 g/mol. The van der Waals surface area contributed by atoms with Crippen LogP contribution in [0.1, 0.15) is 44.1 Å². The Kier molecular flexibility index (Phi) is 8.23. The number of carboxylic acid groups (broad SMARTS) is 1. The maximum Gasteiger partial charge on any atom is 1.00 e. The van der Waals surface area contributed by atoms with Gasteiger partial charge >= 0.3 is 70.4 Å². The van der Waals surface area contributed by atoms with E-state index in [1.54, 1.807) is 0 Å². The number of hydrogen-bond acceptors (Lipinski definition) is 3. The summed E-state index contributed by atoms with van der Waals surface area (Å²) in [5.74, 6) is -1.71. The SMILES string of the molecule is Cc1c(NC(=O)OCC2c3ccccc3-c3ccccc32)c(C)c([B-](F)(F)F)c(C)c1C(=O)O.[K+]. The molecule has 176 valence electrons. The van der Waals surface area contributed by atoms with Gasteiger partial charge < -0.3 is 22.8 Å². The van der Waals surface area contributed by atoms with Crippen LogP contribution in [0.3, 0.4) is 0 Å². The van der Waals surface area contributed by atoms with Gasteiger partial charge in [-0.3, -0.25) is 5.32 Å². The largest absolute Gasteiger partial charge is 1.00 e. The average Bonchev–Trinajstić information content (AvgIpc) is 3.08. The first kappa shape index (κ1) is 27.5. The number of nitrogens with one attached hydrogen (secondary N) is 1. The number of carbonyl (C=O) groups excluding carboxylic acids is 1. The van der Waals surface area contributed by atoms with Gasteiger partial charge in [-0.2, -0.15) is 0 Å². The van der Waals surface area contributed by atoms with Gasteiger partial charge in [-0.15, -0.1) is 0 Å². The molecule has 3 aromatic rings. The molecule has 3 aromatic carbocycles. The van der Waals surface area contributed by atoms with E-state index in [0.29, 0.717) is 0 Å². The van der Waals surface area contributed by atoms with Gasteiger partial charge in [0, 0.05) is 11.6 Å². The summed E-state index contributed by atoms with van der Waals surface area (Å²) in [5.41, 5.74) is 1.82. The van der Waals surface area contributed by atoms with E-state index in [4.69, 9.17) is 4.74 Å². The Morgan fingerprint density at radius 2 is 1.43 bits per heavy atom. The molecule has 1 amide bonds. The van der Waals surface area contributed by atoms with Gasteiger partial charge in [-0.1, -0.05) is 65.1 Å². The summed E-state index contributed by atoms with van der Waals surface area (Å²) < 4.78 is 46.7. The predicted octanol–water partition coefficient (Wildman–Crippen LogP) is 2.73. The Labute approximate surface area is 243 Å². The van der Waals surface area contributed by atoms with Crippen molar-refractivity contribution in [2.24, 2.45) is 0 Å². The first-order valence-electron chi connectivity index (χ1n) is 10.7. The molecule has 0 radical (unpaired) electrons. The maximum absolute atomic E-state index is 13.8. The van der Waals surface area contributed by atoms with Crippen molar-refractivity contribution in [2.75, 3.05) is 11.9 Å². The number of aromatic carboxylic acids is 1. The van der Waals surface area contributed by atoms with E-state index < -0.39 is 30.1 Å². The topological polar surface area (TPSA) is 75.6 Å². The number of carboxylic acids is 1. The van der Waals surface area contributed by atoms with Crippen molar-refractivity contribution in [2.45, 2.75) is 26.7 Å². The van der Waals surface area contributed by atoms with Gasteiger partial charge in [0.2, 0.25) is 0 Å². The number of amides is 1. The molecule has 0 atom stereocenters. The van der Waals surface area contributed by atoms with Gasteiger partial charge in [0.15, 0.2) is 0 Å². The van der Waals surface area contributed by atoms with Gasteiger partial charge in [0.1, 0.15) is 6.61 Å². The van der Waals surface area contributed by atoms with E-state index in [-0.39, 0.29) is 86.3 Å². The summed E-state index contributed by atoms with van der Waals surface area (Å²) >= 11 is 0. The molecule has 0 fully saturated rings. The Bertz CT molecular complexity index is 1280. The van der Waals surface area contributed by atoms with Crippen molar-refractivity contribution in [3.8, 4) is 11.1 Å². The Morgan fingerprint density at radius 1 is 0.914 bits per heavy atom. The molecule has 0 unspecified atom stereocenters. The minimum absolute atomic E-state index is 0. The minimum Gasteiger partial charge on any atom is -0.478 e. The number of benzene rings is 3. The van der Waals surface area contributed by atoms with Crippen LogP contribution in [0, 0.1) is 20.8 Å². The molecule has 0 spiro atoms. The van der Waals surface area contributed by atoms with Crippen molar-refractivity contribution >= 4 is 30.2 Å². The second-order valence-electron chi connectivity index (χ2n) is 8.37. The smallest absolute Gasteiger partial charge is 0.478 e. The van der Waals surface area contributed by atoms with E-state index in [0.717, 1.165) is 29.2 Å². The van der Waals surface area contributed by atoms with Crippen LogP contribution in [-0.2, 0) is 4.74 Å². The van der Waals surface area contributed by atoms with Crippen LogP contribution in [0.15, 0.2) is 48.5 Å². The minimum atomic E-state index is -5.50. The standard InChI is InChI=1S/C25H22BF3NO4.K/c1-13-21(24(31)32)14(2)23(15(3)22(13)26(27,28)29)30-25(33)34-12-20-18-10-6-4-8-16(18)17-9-5-7-11-19(17)20;/h4-11,20H,12H2,1-3H3,(H,30,33)(H,31,32);/q-1;+1. The first-order valence-corrected chi connectivity index (χ1v) is 10.7. The van der Waals surface area contributed by atoms with Crippen LogP contribution in [-0.4, -0.2) is 30.8 Å². The molecule has 0 aliphatic heterocycles. The summed E-state index contributed by atoms with van der Waals surface area (Å²) in [5, 5.41) is 11.9. The van der Waals surface area contributed by atoms with E-state index >= 15 is 0 Å². The molecule has 2 N–H and O–H groups in total. The van der Waals surface area contributed by atoms with Crippen LogP contribution < -0.4 is 62.2 Å². The van der Waals surface area contributed by atoms with Gasteiger partial charge in [-0.25, -0.2) is 9.59 Å². The molecule has 0 saturated heterocycles. The molecule has 0 saturated carbocycles. The fraction of sp³-hybridized carbons (Fsp3) is 0.200. The van der Waals surface area contributed by atoms with Gasteiger partial charge in [0.25, 0.3) is 0 Å². The number of rotatable bonds is 5. The fourth-order valence-electron chi connectivity index (χ4n) is 4.97. The third-order valence-corrected chi connectivity index (χ3v) is 6.42. The fourth-order valence-corrected chi connectivity index (χ4v) is 4.97. The van der Waals surface area contributed by atoms with Crippen molar-refractivity contribution in [3.05, 3.63) is 81.9 Å².